The van der Waals surface area contributed by atoms with E-state index in [-0.39, 0.29) is 0 Å². The SMILES string of the molecule is CSCC(C)CNC1=NCCCC1. The fraction of sp³-hybridized carbons (Fsp3) is 0.900. The molecule has 0 radical (unpaired) electrons. The minimum absolute atomic E-state index is 0.750. The minimum Gasteiger partial charge on any atom is -0.374 e. The number of aliphatic imine (C=N–C) groups is 1. The van der Waals surface area contributed by atoms with Crippen molar-refractivity contribution in [1.29, 1.82) is 0 Å². The molecule has 0 saturated heterocycles. The zero-order chi connectivity index (χ0) is 9.52. The number of nitrogens with one attached hydrogen (secondary N) is 1. The highest BCUT2D eigenvalue weighted by molar-refractivity contribution is 7.98. The molecule has 0 amide bonds. The quantitative estimate of drug-likeness (QED) is 0.752. The molecule has 2 nitrogen and oxygen atoms in total. The van der Waals surface area contributed by atoms with Crippen LogP contribution in [-0.4, -0.2) is 30.9 Å². The first kappa shape index (κ1) is 10.9. The zero-order valence-corrected chi connectivity index (χ0v) is 9.49. The van der Waals surface area contributed by atoms with Gasteiger partial charge in [0.05, 0.1) is 5.84 Å². The lowest BCUT2D eigenvalue weighted by molar-refractivity contribution is 0.616. The summed E-state index contributed by atoms with van der Waals surface area (Å²) < 4.78 is 0. The van der Waals surface area contributed by atoms with Gasteiger partial charge >= 0.3 is 0 Å². The van der Waals surface area contributed by atoms with Crippen LogP contribution in [0.5, 0.6) is 0 Å². The summed E-state index contributed by atoms with van der Waals surface area (Å²) >= 11 is 1.92. The van der Waals surface area contributed by atoms with Crippen molar-refractivity contribution in [3.63, 3.8) is 0 Å². The van der Waals surface area contributed by atoms with Crippen molar-refractivity contribution in [3.8, 4) is 0 Å². The van der Waals surface area contributed by atoms with E-state index in [9.17, 15) is 0 Å². The molecule has 0 aromatic rings. The Morgan fingerprint density at radius 2 is 2.38 bits per heavy atom. The molecule has 0 saturated carbocycles. The molecule has 1 heterocycles. The first-order chi connectivity index (χ1) is 6.33. The summed E-state index contributed by atoms with van der Waals surface area (Å²) in [4.78, 5) is 4.46. The zero-order valence-electron chi connectivity index (χ0n) is 8.68. The summed E-state index contributed by atoms with van der Waals surface area (Å²) in [6, 6.07) is 0. The van der Waals surface area contributed by atoms with Crippen molar-refractivity contribution >= 4 is 17.6 Å². The highest BCUT2D eigenvalue weighted by atomic mass is 32.2. The third kappa shape index (κ3) is 4.55. The lowest BCUT2D eigenvalue weighted by Crippen LogP contribution is -2.30. The molecule has 13 heavy (non-hydrogen) atoms. The average Bonchev–Trinajstić information content (AvgIpc) is 2.17. The Bertz CT molecular complexity index is 168. The van der Waals surface area contributed by atoms with Crippen LogP contribution in [-0.2, 0) is 0 Å². The van der Waals surface area contributed by atoms with Crippen LogP contribution < -0.4 is 5.32 Å². The topological polar surface area (TPSA) is 24.4 Å². The second-order valence-corrected chi connectivity index (χ2v) is 4.64. The molecule has 1 aliphatic rings. The van der Waals surface area contributed by atoms with Gasteiger partial charge < -0.3 is 5.32 Å². The molecular weight excluding hydrogens is 180 g/mol. The summed E-state index contributed by atoms with van der Waals surface area (Å²) in [5, 5.41) is 3.44. The molecule has 1 N–H and O–H groups in total. The van der Waals surface area contributed by atoms with Crippen LogP contribution in [0.25, 0.3) is 0 Å². The predicted octanol–water partition coefficient (Wildman–Crippen LogP) is 2.16. The fourth-order valence-corrected chi connectivity index (χ4v) is 2.16. The van der Waals surface area contributed by atoms with E-state index in [1.165, 1.54) is 24.4 Å². The van der Waals surface area contributed by atoms with Crippen molar-refractivity contribution in [2.24, 2.45) is 10.9 Å². The Hall–Kier alpha value is -0.180. The number of hydrogen-bond donors (Lipinski definition) is 1. The van der Waals surface area contributed by atoms with E-state index >= 15 is 0 Å². The third-order valence-corrected chi connectivity index (χ3v) is 3.13. The number of nitrogens with zero attached hydrogens (tertiary/aromatic N) is 1. The van der Waals surface area contributed by atoms with Gasteiger partial charge in [0.25, 0.3) is 0 Å². The fourth-order valence-electron chi connectivity index (χ4n) is 1.48. The van der Waals surface area contributed by atoms with E-state index in [0.29, 0.717) is 0 Å². The lowest BCUT2D eigenvalue weighted by Gasteiger charge is -2.16. The first-order valence-electron chi connectivity index (χ1n) is 5.09. The Morgan fingerprint density at radius 1 is 1.54 bits per heavy atom. The van der Waals surface area contributed by atoms with Crippen molar-refractivity contribution in [2.75, 3.05) is 25.1 Å². The van der Waals surface area contributed by atoms with Gasteiger partial charge in [0.1, 0.15) is 0 Å². The van der Waals surface area contributed by atoms with Gasteiger partial charge in [-0.2, -0.15) is 11.8 Å². The molecule has 0 spiro atoms. The highest BCUT2D eigenvalue weighted by Gasteiger charge is 2.06. The van der Waals surface area contributed by atoms with Crippen molar-refractivity contribution in [1.82, 2.24) is 5.32 Å². The third-order valence-electron chi connectivity index (χ3n) is 2.23. The standard InChI is InChI=1S/C10H20N2S/c1-9(8-13-2)7-12-10-5-3-4-6-11-10/h9H,3-8H2,1-2H3,(H,11,12). The van der Waals surface area contributed by atoms with Crippen molar-refractivity contribution in [3.05, 3.63) is 0 Å². The van der Waals surface area contributed by atoms with Gasteiger partial charge in [0.15, 0.2) is 0 Å². The molecular formula is C10H20N2S. The van der Waals surface area contributed by atoms with Gasteiger partial charge in [0.2, 0.25) is 0 Å². The van der Waals surface area contributed by atoms with E-state index in [4.69, 9.17) is 0 Å². The molecule has 0 aromatic carbocycles. The lowest BCUT2D eigenvalue weighted by atomic mass is 10.1. The maximum Gasteiger partial charge on any atom is 0.0963 e. The summed E-state index contributed by atoms with van der Waals surface area (Å²) in [5.41, 5.74) is 0. The minimum atomic E-state index is 0.750. The molecule has 0 aromatic heterocycles. The van der Waals surface area contributed by atoms with Crippen molar-refractivity contribution in [2.45, 2.75) is 26.2 Å². The number of thioether (sulfide) groups is 1. The second kappa shape index (κ2) is 6.30. The number of hydrogen-bond acceptors (Lipinski definition) is 3. The normalized spacial score (nSPS) is 19.4. The van der Waals surface area contributed by atoms with Crippen LogP contribution in [0.1, 0.15) is 26.2 Å². The molecule has 76 valence electrons. The van der Waals surface area contributed by atoms with Crippen LogP contribution in [0.3, 0.4) is 0 Å². The molecule has 0 fully saturated rings. The highest BCUT2D eigenvalue weighted by Crippen LogP contribution is 2.06. The predicted molar refractivity (Wildman–Crippen MR) is 61.7 cm³/mol. The maximum atomic E-state index is 4.46. The first-order valence-corrected chi connectivity index (χ1v) is 6.48. The molecule has 0 bridgehead atoms. The Kier molecular flexibility index (Phi) is 5.28. The van der Waals surface area contributed by atoms with Crippen LogP contribution in [0.15, 0.2) is 4.99 Å². The van der Waals surface area contributed by atoms with Gasteiger partial charge in [-0.1, -0.05) is 6.92 Å². The Balaban J connectivity index is 2.13. The van der Waals surface area contributed by atoms with Gasteiger partial charge in [-0.05, 0) is 30.8 Å². The van der Waals surface area contributed by atoms with Gasteiger partial charge in [-0.3, -0.25) is 4.99 Å². The van der Waals surface area contributed by atoms with Crippen LogP contribution in [0.2, 0.25) is 0 Å². The van der Waals surface area contributed by atoms with E-state index < -0.39 is 0 Å². The molecule has 3 heteroatoms. The summed E-state index contributed by atoms with van der Waals surface area (Å²) in [6.45, 7) is 4.39. The Morgan fingerprint density at radius 3 is 3.00 bits per heavy atom. The maximum absolute atomic E-state index is 4.46. The summed E-state index contributed by atoms with van der Waals surface area (Å²) in [7, 11) is 0. The number of rotatable bonds is 4. The monoisotopic (exact) mass is 200 g/mol. The summed E-state index contributed by atoms with van der Waals surface area (Å²) in [6.07, 6.45) is 5.90. The molecule has 1 rings (SSSR count). The van der Waals surface area contributed by atoms with E-state index in [2.05, 4.69) is 23.5 Å². The Labute approximate surface area is 85.6 Å². The van der Waals surface area contributed by atoms with E-state index in [1.807, 2.05) is 11.8 Å². The average molecular weight is 200 g/mol. The largest absolute Gasteiger partial charge is 0.374 e. The van der Waals surface area contributed by atoms with Crippen LogP contribution in [0.4, 0.5) is 0 Å². The second-order valence-electron chi connectivity index (χ2n) is 3.73. The number of amidine groups is 1. The van der Waals surface area contributed by atoms with Gasteiger partial charge in [-0.15, -0.1) is 0 Å². The smallest absolute Gasteiger partial charge is 0.0963 e. The van der Waals surface area contributed by atoms with Crippen molar-refractivity contribution < 1.29 is 0 Å². The molecule has 0 aliphatic carbocycles. The van der Waals surface area contributed by atoms with E-state index in [1.54, 1.807) is 0 Å². The van der Waals surface area contributed by atoms with Crippen LogP contribution in [0, 0.1) is 5.92 Å². The van der Waals surface area contributed by atoms with E-state index in [0.717, 1.165) is 25.4 Å². The molecule has 1 aliphatic heterocycles. The van der Waals surface area contributed by atoms with Gasteiger partial charge in [-0.25, -0.2) is 0 Å². The molecule has 1 atom stereocenters. The van der Waals surface area contributed by atoms with Crippen LogP contribution >= 0.6 is 11.8 Å². The molecule has 1 unspecified atom stereocenters. The summed E-state index contributed by atoms with van der Waals surface area (Å²) in [5.74, 6) is 3.22. The van der Waals surface area contributed by atoms with Gasteiger partial charge in [0, 0.05) is 19.5 Å².